The highest BCUT2D eigenvalue weighted by Gasteiger charge is 2.08. The number of rotatable bonds is 6. The Morgan fingerprint density at radius 2 is 1.88 bits per heavy atom. The second-order valence-corrected chi connectivity index (χ2v) is 5.98. The van der Waals surface area contributed by atoms with Crippen molar-refractivity contribution in [2.24, 2.45) is 0 Å². The molecule has 4 heteroatoms. The Hall–Kier alpha value is -2.72. The lowest BCUT2D eigenvalue weighted by atomic mass is 10.1. The summed E-state index contributed by atoms with van der Waals surface area (Å²) in [6.07, 6.45) is 4.94. The van der Waals surface area contributed by atoms with E-state index in [-0.39, 0.29) is 0 Å². The molecule has 4 aromatic rings. The minimum Gasteiger partial charge on any atom is -0.496 e. The van der Waals surface area contributed by atoms with Gasteiger partial charge in [-0.05, 0) is 42.1 Å². The van der Waals surface area contributed by atoms with Gasteiger partial charge in [-0.15, -0.1) is 0 Å². The number of methoxy groups -OCH3 is 1. The molecule has 0 spiro atoms. The zero-order valence-electron chi connectivity index (χ0n) is 13.7. The van der Waals surface area contributed by atoms with Gasteiger partial charge in [0.15, 0.2) is 0 Å². The third kappa shape index (κ3) is 2.65. The van der Waals surface area contributed by atoms with Crippen LogP contribution in [0.2, 0.25) is 0 Å². The van der Waals surface area contributed by atoms with E-state index < -0.39 is 0 Å². The molecule has 3 N–H and O–H groups in total. The lowest BCUT2D eigenvalue weighted by Gasteiger charge is -2.11. The van der Waals surface area contributed by atoms with E-state index in [1.165, 1.54) is 22.0 Å². The summed E-state index contributed by atoms with van der Waals surface area (Å²) in [7, 11) is 1.73. The first-order valence-electron chi connectivity index (χ1n) is 8.25. The Morgan fingerprint density at radius 3 is 2.79 bits per heavy atom. The topological polar surface area (TPSA) is 52.8 Å². The van der Waals surface area contributed by atoms with Crippen molar-refractivity contribution in [3.63, 3.8) is 0 Å². The monoisotopic (exact) mass is 319 g/mol. The number of ether oxygens (including phenoxy) is 1. The molecule has 122 valence electrons. The summed E-state index contributed by atoms with van der Waals surface area (Å²) in [5, 5.41) is 5.94. The standard InChI is InChI=1S/C20H21N3O/c1-24-20-16(5-6-18-17(20)9-12-22-18)13-21-10-7-14-3-2-4-15-8-11-23-19(14)15/h2-6,8-9,11-12,21-23H,7,10,13H2,1H3. The molecule has 4 nitrogen and oxygen atoms in total. The maximum atomic E-state index is 5.61. The molecular weight excluding hydrogens is 298 g/mol. The van der Waals surface area contributed by atoms with Crippen molar-refractivity contribution in [3.8, 4) is 5.75 Å². The van der Waals surface area contributed by atoms with Crippen LogP contribution in [0.4, 0.5) is 0 Å². The smallest absolute Gasteiger partial charge is 0.132 e. The van der Waals surface area contributed by atoms with Crippen molar-refractivity contribution < 1.29 is 4.74 Å². The molecule has 0 saturated carbocycles. The molecule has 2 aromatic heterocycles. The highest BCUT2D eigenvalue weighted by atomic mass is 16.5. The van der Waals surface area contributed by atoms with E-state index in [1.54, 1.807) is 7.11 Å². The van der Waals surface area contributed by atoms with Gasteiger partial charge in [-0.2, -0.15) is 0 Å². The Balaban J connectivity index is 1.43. The average Bonchev–Trinajstić information content (AvgIpc) is 3.27. The van der Waals surface area contributed by atoms with Gasteiger partial charge in [-0.25, -0.2) is 0 Å². The van der Waals surface area contributed by atoms with E-state index in [4.69, 9.17) is 4.74 Å². The van der Waals surface area contributed by atoms with Gasteiger partial charge in [0.2, 0.25) is 0 Å². The number of hydrogen-bond acceptors (Lipinski definition) is 2. The first-order valence-corrected chi connectivity index (χ1v) is 8.25. The van der Waals surface area contributed by atoms with Gasteiger partial charge in [-0.3, -0.25) is 0 Å². The summed E-state index contributed by atoms with van der Waals surface area (Å²) < 4.78 is 5.61. The highest BCUT2D eigenvalue weighted by Crippen LogP contribution is 2.29. The molecule has 2 aromatic carbocycles. The molecule has 0 saturated heterocycles. The summed E-state index contributed by atoms with van der Waals surface area (Å²) in [6.45, 7) is 1.72. The molecule has 0 bridgehead atoms. The van der Waals surface area contributed by atoms with Crippen molar-refractivity contribution in [2.45, 2.75) is 13.0 Å². The molecule has 0 unspecified atom stereocenters. The van der Waals surface area contributed by atoms with E-state index in [2.05, 4.69) is 57.7 Å². The van der Waals surface area contributed by atoms with Gasteiger partial charge in [-0.1, -0.05) is 24.3 Å². The van der Waals surface area contributed by atoms with E-state index in [0.29, 0.717) is 0 Å². The summed E-state index contributed by atoms with van der Waals surface area (Å²) in [6, 6.07) is 14.8. The number of benzene rings is 2. The minimum atomic E-state index is 0.797. The van der Waals surface area contributed by atoms with Crippen molar-refractivity contribution in [2.75, 3.05) is 13.7 Å². The third-order valence-corrected chi connectivity index (χ3v) is 4.53. The highest BCUT2D eigenvalue weighted by molar-refractivity contribution is 5.87. The fourth-order valence-corrected chi connectivity index (χ4v) is 3.34. The zero-order chi connectivity index (χ0) is 16.4. The molecule has 2 heterocycles. The molecule has 0 radical (unpaired) electrons. The van der Waals surface area contributed by atoms with Gasteiger partial charge in [0.05, 0.1) is 7.11 Å². The van der Waals surface area contributed by atoms with Crippen LogP contribution in [0.3, 0.4) is 0 Å². The van der Waals surface area contributed by atoms with Gasteiger partial charge in [0.25, 0.3) is 0 Å². The Kier molecular flexibility index (Phi) is 3.97. The molecule has 0 amide bonds. The molecule has 0 fully saturated rings. The zero-order valence-corrected chi connectivity index (χ0v) is 13.7. The van der Waals surface area contributed by atoms with Gasteiger partial charge in [0, 0.05) is 40.9 Å². The average molecular weight is 319 g/mol. The SMILES string of the molecule is COc1c(CNCCc2cccc3cc[nH]c23)ccc2[nH]ccc12. The van der Waals surface area contributed by atoms with Gasteiger partial charge >= 0.3 is 0 Å². The number of H-pyrrole nitrogens is 2. The van der Waals surface area contributed by atoms with Crippen LogP contribution < -0.4 is 10.1 Å². The number of fused-ring (bicyclic) bond motifs is 2. The number of nitrogens with one attached hydrogen (secondary N) is 3. The Bertz CT molecular complexity index is 967. The molecule has 24 heavy (non-hydrogen) atoms. The number of hydrogen-bond donors (Lipinski definition) is 3. The molecule has 0 aliphatic heterocycles. The first kappa shape index (κ1) is 14.8. The molecule has 0 atom stereocenters. The van der Waals surface area contributed by atoms with E-state index in [0.717, 1.165) is 36.2 Å². The van der Waals surface area contributed by atoms with Crippen molar-refractivity contribution in [3.05, 3.63) is 66.0 Å². The maximum Gasteiger partial charge on any atom is 0.132 e. The van der Waals surface area contributed by atoms with Crippen LogP contribution in [0.25, 0.3) is 21.8 Å². The summed E-state index contributed by atoms with van der Waals surface area (Å²) in [5.74, 6) is 0.952. The van der Waals surface area contributed by atoms with Crippen molar-refractivity contribution in [1.82, 2.24) is 15.3 Å². The summed E-state index contributed by atoms with van der Waals surface area (Å²) in [4.78, 5) is 6.55. The second kappa shape index (κ2) is 6.42. The van der Waals surface area contributed by atoms with Crippen LogP contribution >= 0.6 is 0 Å². The summed E-state index contributed by atoms with van der Waals surface area (Å²) in [5.41, 5.74) is 4.88. The number of aromatic amines is 2. The van der Waals surface area contributed by atoms with Crippen LogP contribution in [0.5, 0.6) is 5.75 Å². The van der Waals surface area contributed by atoms with Crippen LogP contribution in [0.1, 0.15) is 11.1 Å². The fourth-order valence-electron chi connectivity index (χ4n) is 3.34. The molecule has 0 aliphatic rings. The minimum absolute atomic E-state index is 0.797. The Labute approximate surface area is 140 Å². The largest absolute Gasteiger partial charge is 0.496 e. The van der Waals surface area contributed by atoms with Crippen molar-refractivity contribution in [1.29, 1.82) is 0 Å². The quantitative estimate of drug-likeness (QED) is 0.471. The van der Waals surface area contributed by atoms with Gasteiger partial charge < -0.3 is 20.0 Å². The van der Waals surface area contributed by atoms with Crippen LogP contribution in [0, 0.1) is 0 Å². The first-order chi connectivity index (χ1) is 11.9. The van der Waals surface area contributed by atoms with Crippen LogP contribution in [-0.2, 0) is 13.0 Å². The second-order valence-electron chi connectivity index (χ2n) is 5.98. The number of aromatic nitrogens is 2. The summed E-state index contributed by atoms with van der Waals surface area (Å²) >= 11 is 0. The van der Waals surface area contributed by atoms with E-state index >= 15 is 0 Å². The normalized spacial score (nSPS) is 11.4. The maximum absolute atomic E-state index is 5.61. The van der Waals surface area contributed by atoms with Crippen molar-refractivity contribution >= 4 is 21.8 Å². The van der Waals surface area contributed by atoms with Crippen LogP contribution in [-0.4, -0.2) is 23.6 Å². The predicted octanol–water partition coefficient (Wildman–Crippen LogP) is 3.99. The lowest BCUT2D eigenvalue weighted by molar-refractivity contribution is 0.413. The third-order valence-electron chi connectivity index (χ3n) is 4.53. The lowest BCUT2D eigenvalue weighted by Crippen LogP contribution is -2.17. The fraction of sp³-hybridized carbons (Fsp3) is 0.200. The van der Waals surface area contributed by atoms with Gasteiger partial charge in [0.1, 0.15) is 5.75 Å². The molecule has 0 aliphatic carbocycles. The van der Waals surface area contributed by atoms with E-state index in [1.807, 2.05) is 12.4 Å². The molecular formula is C20H21N3O. The Morgan fingerprint density at radius 1 is 0.958 bits per heavy atom. The number of para-hydroxylation sites is 1. The molecule has 4 rings (SSSR count). The van der Waals surface area contributed by atoms with Crippen LogP contribution in [0.15, 0.2) is 54.9 Å². The van der Waals surface area contributed by atoms with E-state index in [9.17, 15) is 0 Å². The predicted molar refractivity (Wildman–Crippen MR) is 98.6 cm³/mol.